The van der Waals surface area contributed by atoms with Crippen LogP contribution >= 0.6 is 0 Å². The molecule has 0 atom stereocenters. The predicted molar refractivity (Wildman–Crippen MR) is 126 cm³/mol. The molecule has 0 aliphatic carbocycles. The van der Waals surface area contributed by atoms with Crippen molar-refractivity contribution in [2.24, 2.45) is 0 Å². The fraction of sp³-hybridized carbons (Fsp3) is 0.882. The molecule has 0 unspecified atom stereocenters. The minimum atomic E-state index is -6.31. The van der Waals surface area contributed by atoms with Gasteiger partial charge in [0.2, 0.25) is 0 Å². The van der Waals surface area contributed by atoms with Gasteiger partial charge >= 0.3 is 45.0 Å². The lowest BCUT2D eigenvalue weighted by Crippen LogP contribution is -2.62. The van der Waals surface area contributed by atoms with Gasteiger partial charge in [-0.25, -0.2) is 0 Å². The highest BCUT2D eigenvalue weighted by atomic mass is 32.3. The molecule has 0 aliphatic rings. The Balaban J connectivity index is 5.07. The van der Waals surface area contributed by atoms with E-state index < -0.39 is 61.6 Å². The molecule has 0 bridgehead atoms. The lowest BCUT2D eigenvalue weighted by Gasteiger charge is -2.33. The van der Waals surface area contributed by atoms with E-state index >= 15 is 0 Å². The quantitative estimate of drug-likeness (QED) is 0.0994. The smallest absolute Gasteiger partial charge is 0.283 e. The highest BCUT2D eigenvalue weighted by molar-refractivity contribution is 8.08. The average Bonchev–Trinajstić information content (AvgIpc) is 2.63. The third-order valence-electron chi connectivity index (χ3n) is 5.01. The fourth-order valence-electron chi connectivity index (χ4n) is 3.38. The maximum absolute atomic E-state index is 11.8. The normalized spacial score (nSPS) is 14.3. The van der Waals surface area contributed by atoms with Crippen LogP contribution in [0.4, 0.5) is 0 Å². The van der Waals surface area contributed by atoms with Crippen LogP contribution in [0.25, 0.3) is 0 Å². The molecule has 0 fully saturated rings. The molecule has 0 aromatic carbocycles. The van der Waals surface area contributed by atoms with Crippen molar-refractivity contribution in [1.29, 1.82) is 0 Å². The zero-order chi connectivity index (χ0) is 26.7. The third kappa shape index (κ3) is 10.5. The van der Waals surface area contributed by atoms with E-state index in [1.54, 1.807) is 0 Å². The third-order valence-corrected chi connectivity index (χ3v) is 11.7. The molecule has 0 aromatic rings. The van der Waals surface area contributed by atoms with Gasteiger partial charge in [0.15, 0.2) is 0 Å². The van der Waals surface area contributed by atoms with Gasteiger partial charge in [-0.2, -0.15) is 33.7 Å². The molecule has 0 spiro atoms. The van der Waals surface area contributed by atoms with Crippen molar-refractivity contribution in [3.63, 3.8) is 0 Å². The van der Waals surface area contributed by atoms with Crippen molar-refractivity contribution < 1.29 is 51.9 Å². The molecule has 34 heavy (non-hydrogen) atoms. The highest BCUT2D eigenvalue weighted by Crippen LogP contribution is 2.37. The van der Waals surface area contributed by atoms with Crippen LogP contribution in [0.3, 0.4) is 0 Å². The molecular weight excluding hydrogens is 538 g/mol. The number of hydrogen-bond donors (Lipinski definition) is 4. The van der Waals surface area contributed by atoms with Gasteiger partial charge in [0.25, 0.3) is 0 Å². The Hall–Kier alpha value is -0.660. The molecule has 0 rings (SSSR count). The van der Waals surface area contributed by atoms with Crippen molar-refractivity contribution >= 4 is 40.8 Å². The number of rotatable bonds is 19. The Morgan fingerprint density at radius 3 is 1.29 bits per heavy atom. The molecule has 204 valence electrons. The Labute approximate surface area is 202 Å². The number of allylic oxidation sites excluding steroid dienone is 2. The van der Waals surface area contributed by atoms with Gasteiger partial charge in [-0.1, -0.05) is 64.0 Å². The monoisotopic (exact) mass is 573 g/mol. The van der Waals surface area contributed by atoms with E-state index in [2.05, 4.69) is 6.92 Å². The first-order valence-corrected chi connectivity index (χ1v) is 16.4. The van der Waals surface area contributed by atoms with Gasteiger partial charge in [-0.05, 0) is 35.8 Å². The number of nitrogens with zero attached hydrogens (tertiary/aromatic N) is 1. The first-order chi connectivity index (χ1) is 15.4. The van der Waals surface area contributed by atoms with E-state index in [-0.39, 0.29) is 6.42 Å². The molecule has 0 radical (unpaired) electrons. The van der Waals surface area contributed by atoms with Gasteiger partial charge in [0.1, 0.15) is 0 Å². The second-order valence-electron chi connectivity index (χ2n) is 7.80. The van der Waals surface area contributed by atoms with E-state index in [0.29, 0.717) is 19.3 Å². The second kappa shape index (κ2) is 14.2. The minimum absolute atomic E-state index is 0.0445. The van der Waals surface area contributed by atoms with Crippen molar-refractivity contribution in [2.45, 2.75) is 94.6 Å². The zero-order valence-electron chi connectivity index (χ0n) is 19.0. The largest absolute Gasteiger partial charge is 0.353 e. The van der Waals surface area contributed by atoms with E-state index in [0.717, 1.165) is 19.3 Å². The van der Waals surface area contributed by atoms with E-state index in [9.17, 15) is 42.8 Å². The molecule has 4 N–H and O–H groups in total. The van der Waals surface area contributed by atoms with E-state index in [1.807, 2.05) is 12.2 Å². The van der Waals surface area contributed by atoms with Crippen LogP contribution in [-0.2, 0) is 40.8 Å². The van der Waals surface area contributed by atoms with Gasteiger partial charge in [0.05, 0.1) is 0 Å². The summed E-state index contributed by atoms with van der Waals surface area (Å²) in [7, 11) is -25.2. The summed E-state index contributed by atoms with van der Waals surface area (Å²) in [6.45, 7) is 2.15. The topological polar surface area (TPSA) is 221 Å². The molecule has 0 saturated heterocycles. The van der Waals surface area contributed by atoms with Crippen LogP contribution in [0.2, 0.25) is 0 Å². The summed E-state index contributed by atoms with van der Waals surface area (Å²) < 4.78 is 124. The van der Waals surface area contributed by atoms with Gasteiger partial charge in [-0.15, -0.1) is 0 Å². The SMILES string of the molecule is CCCCCCCC/C=C\CCCCCCC(N(S(=O)(=O)O)S(=O)(=O)O)(S(=O)(=O)O)S(=O)(=O)O. The van der Waals surface area contributed by atoms with Crippen molar-refractivity contribution in [1.82, 2.24) is 3.71 Å². The van der Waals surface area contributed by atoms with Crippen LogP contribution in [0.5, 0.6) is 0 Å². The second-order valence-corrected chi connectivity index (χ2v) is 14.1. The lowest BCUT2D eigenvalue weighted by molar-refractivity contribution is 0.302. The Morgan fingerprint density at radius 2 is 0.941 bits per heavy atom. The standard InChI is InChI=1S/C17H35NO12S4/c1-2-3-4-5-6-7-8-9-10-11-12-13-14-15-16-17(31(19,20)21,32(22,23)24)18(33(25,26)27)34(28,29)30/h9-10H,2-8,11-16H2,1H3,(H,19,20,21)(H,22,23,24)(H,25,26,27)(H,28,29,30)/b10-9-. The molecule has 13 nitrogen and oxygen atoms in total. The summed E-state index contributed by atoms with van der Waals surface area (Å²) in [5.74, 6) is 0. The summed E-state index contributed by atoms with van der Waals surface area (Å²) in [6.07, 6.45) is 11.6. The Kier molecular flexibility index (Phi) is 13.9. The van der Waals surface area contributed by atoms with Crippen molar-refractivity contribution in [3.05, 3.63) is 12.2 Å². The molecule has 0 saturated carbocycles. The van der Waals surface area contributed by atoms with Crippen LogP contribution in [0, 0.1) is 0 Å². The first-order valence-electron chi connectivity index (χ1n) is 10.8. The molecule has 0 aliphatic heterocycles. The highest BCUT2D eigenvalue weighted by Gasteiger charge is 2.67. The zero-order valence-corrected chi connectivity index (χ0v) is 22.2. The van der Waals surface area contributed by atoms with Crippen LogP contribution in [-0.4, -0.2) is 59.8 Å². The fourth-order valence-corrected chi connectivity index (χ4v) is 9.73. The van der Waals surface area contributed by atoms with E-state index in [4.69, 9.17) is 9.11 Å². The Morgan fingerprint density at radius 1 is 0.588 bits per heavy atom. The van der Waals surface area contributed by atoms with Gasteiger partial charge in [-0.3, -0.25) is 18.2 Å². The molecular formula is C17H35NO12S4. The lowest BCUT2D eigenvalue weighted by atomic mass is 10.1. The van der Waals surface area contributed by atoms with Crippen molar-refractivity contribution in [2.75, 3.05) is 0 Å². The predicted octanol–water partition coefficient (Wildman–Crippen LogP) is 2.97. The summed E-state index contributed by atoms with van der Waals surface area (Å²) in [4.78, 5) is 0. The summed E-state index contributed by atoms with van der Waals surface area (Å²) >= 11 is 0. The molecule has 0 heterocycles. The molecule has 0 amide bonds. The Bertz CT molecular complexity index is 1000. The van der Waals surface area contributed by atoms with Gasteiger partial charge < -0.3 is 0 Å². The maximum Gasteiger partial charge on any atom is 0.353 e. The van der Waals surface area contributed by atoms with Crippen LogP contribution in [0.1, 0.15) is 90.4 Å². The number of hydrogen-bond acceptors (Lipinski definition) is 8. The summed E-state index contributed by atoms with van der Waals surface area (Å²) in [6, 6.07) is 0. The molecule has 17 heteroatoms. The molecule has 0 aromatic heterocycles. The summed E-state index contributed by atoms with van der Waals surface area (Å²) in [5, 5.41) is 0. The van der Waals surface area contributed by atoms with Crippen molar-refractivity contribution in [3.8, 4) is 0 Å². The van der Waals surface area contributed by atoms with Crippen LogP contribution < -0.4 is 0 Å². The minimum Gasteiger partial charge on any atom is -0.283 e. The average molecular weight is 574 g/mol. The van der Waals surface area contributed by atoms with Crippen LogP contribution in [0.15, 0.2) is 12.2 Å². The summed E-state index contributed by atoms with van der Waals surface area (Å²) in [5.41, 5.74) is 0. The first kappa shape index (κ1) is 33.3. The van der Waals surface area contributed by atoms with E-state index in [1.165, 1.54) is 25.7 Å². The van der Waals surface area contributed by atoms with Gasteiger partial charge in [0, 0.05) is 6.42 Å². The number of unbranched alkanes of at least 4 members (excludes halogenated alkanes) is 10. The maximum atomic E-state index is 11.8.